The van der Waals surface area contributed by atoms with E-state index >= 15 is 0 Å². The lowest BCUT2D eigenvalue weighted by atomic mass is 10.2. The second-order valence-electron chi connectivity index (χ2n) is 6.39. The number of piperazine rings is 1. The molecule has 140 valence electrons. The molecule has 1 unspecified atom stereocenters. The summed E-state index contributed by atoms with van der Waals surface area (Å²) in [7, 11) is 0. The molecule has 1 atom stereocenters. The fraction of sp³-hybridized carbons (Fsp3) is 0.500. The zero-order valence-electron chi connectivity index (χ0n) is 15.4. The molecule has 6 nitrogen and oxygen atoms in total. The third kappa shape index (κ3) is 4.96. The van der Waals surface area contributed by atoms with E-state index in [0.29, 0.717) is 0 Å². The summed E-state index contributed by atoms with van der Waals surface area (Å²) in [6.07, 6.45) is 0. The number of nitrogens with one attached hydrogen (secondary N) is 1. The molecule has 0 saturated carbocycles. The number of amides is 1. The van der Waals surface area contributed by atoms with Gasteiger partial charge in [-0.15, -0.1) is 10.2 Å². The fourth-order valence-corrected chi connectivity index (χ4v) is 4.90. The standard InChI is InChI=1S/C18H25N5OS2/c1-4-22-8-10-23(11-9-22)16(24)14(3)25-18-21-20-17(26-18)19-15-7-5-6-13(2)12-15/h5-7,12,14H,4,8-11H2,1-3H3,(H,19,20). The van der Waals surface area contributed by atoms with Crippen LogP contribution in [0.2, 0.25) is 0 Å². The van der Waals surface area contributed by atoms with Gasteiger partial charge in [-0.2, -0.15) is 0 Å². The van der Waals surface area contributed by atoms with Gasteiger partial charge in [0.15, 0.2) is 4.34 Å². The van der Waals surface area contributed by atoms with Gasteiger partial charge >= 0.3 is 0 Å². The summed E-state index contributed by atoms with van der Waals surface area (Å²) in [6, 6.07) is 8.13. The summed E-state index contributed by atoms with van der Waals surface area (Å²) >= 11 is 2.97. The van der Waals surface area contributed by atoms with Crippen LogP contribution in [0.3, 0.4) is 0 Å². The van der Waals surface area contributed by atoms with Gasteiger partial charge < -0.3 is 15.1 Å². The molecule has 3 rings (SSSR count). The van der Waals surface area contributed by atoms with Crippen molar-refractivity contribution in [3.8, 4) is 0 Å². The first-order valence-electron chi connectivity index (χ1n) is 8.90. The van der Waals surface area contributed by atoms with Crippen LogP contribution in [0, 0.1) is 6.92 Å². The first kappa shape index (κ1) is 19.1. The highest BCUT2D eigenvalue weighted by molar-refractivity contribution is 8.02. The molecule has 8 heteroatoms. The van der Waals surface area contributed by atoms with Crippen LogP contribution in [-0.4, -0.2) is 63.9 Å². The molecule has 1 aromatic heterocycles. The number of carbonyl (C=O) groups excluding carboxylic acids is 1. The van der Waals surface area contributed by atoms with Gasteiger partial charge in [0.2, 0.25) is 11.0 Å². The molecule has 0 aliphatic carbocycles. The molecule has 1 amide bonds. The maximum Gasteiger partial charge on any atom is 0.235 e. The van der Waals surface area contributed by atoms with Gasteiger partial charge in [-0.1, -0.05) is 42.2 Å². The van der Waals surface area contributed by atoms with Crippen LogP contribution in [-0.2, 0) is 4.79 Å². The van der Waals surface area contributed by atoms with Crippen molar-refractivity contribution in [1.29, 1.82) is 0 Å². The topological polar surface area (TPSA) is 61.4 Å². The van der Waals surface area contributed by atoms with E-state index in [1.54, 1.807) is 0 Å². The molecule has 26 heavy (non-hydrogen) atoms. The number of thioether (sulfide) groups is 1. The summed E-state index contributed by atoms with van der Waals surface area (Å²) in [6.45, 7) is 10.8. The monoisotopic (exact) mass is 391 g/mol. The Morgan fingerprint density at radius 3 is 2.77 bits per heavy atom. The average molecular weight is 392 g/mol. The number of carbonyl (C=O) groups is 1. The van der Waals surface area contributed by atoms with Gasteiger partial charge in [0.1, 0.15) is 0 Å². The van der Waals surface area contributed by atoms with Gasteiger partial charge in [-0.05, 0) is 38.1 Å². The minimum absolute atomic E-state index is 0.150. The highest BCUT2D eigenvalue weighted by Gasteiger charge is 2.25. The number of aryl methyl sites for hydroxylation is 1. The summed E-state index contributed by atoms with van der Waals surface area (Å²) in [5, 5.41) is 12.3. The second kappa shape index (κ2) is 8.83. The summed E-state index contributed by atoms with van der Waals surface area (Å²) in [5.41, 5.74) is 2.19. The van der Waals surface area contributed by atoms with Crippen LogP contribution in [0.1, 0.15) is 19.4 Å². The lowest BCUT2D eigenvalue weighted by molar-refractivity contribution is -0.132. The Kier molecular flexibility index (Phi) is 6.50. The lowest BCUT2D eigenvalue weighted by Crippen LogP contribution is -2.50. The van der Waals surface area contributed by atoms with Crippen molar-refractivity contribution in [2.24, 2.45) is 0 Å². The predicted octanol–water partition coefficient (Wildman–Crippen LogP) is 3.23. The van der Waals surface area contributed by atoms with E-state index < -0.39 is 0 Å². The zero-order chi connectivity index (χ0) is 18.5. The predicted molar refractivity (Wildman–Crippen MR) is 108 cm³/mol. The summed E-state index contributed by atoms with van der Waals surface area (Å²) in [4.78, 5) is 17.0. The highest BCUT2D eigenvalue weighted by atomic mass is 32.2. The number of benzene rings is 1. The van der Waals surface area contributed by atoms with Crippen molar-refractivity contribution < 1.29 is 4.79 Å². The van der Waals surface area contributed by atoms with Crippen LogP contribution < -0.4 is 5.32 Å². The molecule has 1 aliphatic rings. The van der Waals surface area contributed by atoms with E-state index in [0.717, 1.165) is 47.9 Å². The van der Waals surface area contributed by atoms with E-state index in [4.69, 9.17) is 0 Å². The Hall–Kier alpha value is -1.64. The van der Waals surface area contributed by atoms with E-state index in [9.17, 15) is 4.79 Å². The lowest BCUT2D eigenvalue weighted by Gasteiger charge is -2.35. The Labute approximate surface area is 163 Å². The minimum Gasteiger partial charge on any atom is -0.339 e. The van der Waals surface area contributed by atoms with Crippen molar-refractivity contribution in [2.45, 2.75) is 30.4 Å². The zero-order valence-corrected chi connectivity index (χ0v) is 17.1. The van der Waals surface area contributed by atoms with Crippen LogP contribution in [0.15, 0.2) is 28.6 Å². The Morgan fingerprint density at radius 1 is 1.31 bits per heavy atom. The molecular formula is C18H25N5OS2. The van der Waals surface area contributed by atoms with Crippen LogP contribution in [0.5, 0.6) is 0 Å². The molecule has 1 aliphatic heterocycles. The van der Waals surface area contributed by atoms with E-state index in [1.807, 2.05) is 24.0 Å². The third-order valence-electron chi connectivity index (χ3n) is 4.43. The SMILES string of the molecule is CCN1CCN(C(=O)C(C)Sc2nnc(Nc3cccc(C)c3)s2)CC1. The van der Waals surface area contributed by atoms with Crippen LogP contribution in [0.25, 0.3) is 0 Å². The number of nitrogens with zero attached hydrogens (tertiary/aromatic N) is 4. The third-order valence-corrected chi connectivity index (χ3v) is 6.44. The number of hydrogen-bond donors (Lipinski definition) is 1. The van der Waals surface area contributed by atoms with Gasteiger partial charge in [-0.3, -0.25) is 4.79 Å². The molecule has 0 spiro atoms. The maximum absolute atomic E-state index is 12.7. The number of hydrogen-bond acceptors (Lipinski definition) is 7. The molecule has 1 aromatic carbocycles. The molecule has 1 N–H and O–H groups in total. The minimum atomic E-state index is -0.150. The number of rotatable bonds is 6. The first-order valence-corrected chi connectivity index (χ1v) is 10.6. The smallest absolute Gasteiger partial charge is 0.235 e. The summed E-state index contributed by atoms with van der Waals surface area (Å²) in [5.74, 6) is 0.189. The second-order valence-corrected chi connectivity index (χ2v) is 8.95. The van der Waals surface area contributed by atoms with E-state index in [-0.39, 0.29) is 11.2 Å². The number of anilines is 2. The number of aromatic nitrogens is 2. The molecule has 1 saturated heterocycles. The molecular weight excluding hydrogens is 366 g/mol. The van der Waals surface area contributed by atoms with Crippen molar-refractivity contribution in [1.82, 2.24) is 20.0 Å². The van der Waals surface area contributed by atoms with Crippen molar-refractivity contribution in [3.63, 3.8) is 0 Å². The molecule has 1 fully saturated rings. The van der Waals surface area contributed by atoms with Crippen LogP contribution >= 0.6 is 23.1 Å². The highest BCUT2D eigenvalue weighted by Crippen LogP contribution is 2.31. The Bertz CT molecular complexity index is 743. The average Bonchev–Trinajstić information content (AvgIpc) is 3.08. The van der Waals surface area contributed by atoms with Crippen molar-refractivity contribution >= 4 is 39.8 Å². The number of likely N-dealkylation sites (N-methyl/N-ethyl adjacent to an activating group) is 1. The summed E-state index contributed by atoms with van der Waals surface area (Å²) < 4.78 is 0.813. The van der Waals surface area contributed by atoms with E-state index in [1.165, 1.54) is 28.7 Å². The van der Waals surface area contributed by atoms with Gasteiger partial charge in [0, 0.05) is 31.9 Å². The van der Waals surface area contributed by atoms with Crippen molar-refractivity contribution in [3.05, 3.63) is 29.8 Å². The Balaban J connectivity index is 1.54. The van der Waals surface area contributed by atoms with Crippen molar-refractivity contribution in [2.75, 3.05) is 38.0 Å². The van der Waals surface area contributed by atoms with E-state index in [2.05, 4.69) is 46.4 Å². The van der Waals surface area contributed by atoms with Crippen LogP contribution in [0.4, 0.5) is 10.8 Å². The largest absolute Gasteiger partial charge is 0.339 e. The Morgan fingerprint density at radius 2 is 2.08 bits per heavy atom. The fourth-order valence-electron chi connectivity index (χ4n) is 2.90. The first-order chi connectivity index (χ1) is 12.5. The molecule has 0 radical (unpaired) electrons. The van der Waals surface area contributed by atoms with Gasteiger partial charge in [0.25, 0.3) is 0 Å². The molecule has 0 bridgehead atoms. The quantitative estimate of drug-likeness (QED) is 0.763. The normalized spacial score (nSPS) is 16.5. The maximum atomic E-state index is 12.7. The molecule has 2 heterocycles. The van der Waals surface area contributed by atoms with Gasteiger partial charge in [-0.25, -0.2) is 0 Å². The van der Waals surface area contributed by atoms with Gasteiger partial charge in [0.05, 0.1) is 5.25 Å². The molecule has 2 aromatic rings.